The van der Waals surface area contributed by atoms with Gasteiger partial charge in [0.25, 0.3) is 0 Å². The molecule has 0 atom stereocenters. The second-order valence-electron chi connectivity index (χ2n) is 4.02. The van der Waals surface area contributed by atoms with E-state index in [-0.39, 0.29) is 0 Å². The highest BCUT2D eigenvalue weighted by atomic mass is 32.2. The Bertz CT molecular complexity index is 454. The molecule has 2 aromatic heterocycles. The van der Waals surface area contributed by atoms with Gasteiger partial charge in [-0.1, -0.05) is 18.7 Å². The first-order valence-electron chi connectivity index (χ1n) is 5.88. The summed E-state index contributed by atoms with van der Waals surface area (Å²) in [6, 6.07) is 0. The van der Waals surface area contributed by atoms with Crippen molar-refractivity contribution in [1.82, 2.24) is 24.8 Å². The molecule has 6 heteroatoms. The van der Waals surface area contributed by atoms with Crippen LogP contribution in [0.25, 0.3) is 0 Å². The van der Waals surface area contributed by atoms with Crippen molar-refractivity contribution in [3.05, 3.63) is 36.2 Å². The number of aromatic nitrogens is 4. The van der Waals surface area contributed by atoms with Crippen molar-refractivity contribution < 1.29 is 0 Å². The summed E-state index contributed by atoms with van der Waals surface area (Å²) in [5.74, 6) is 1.97. The number of hydrogen-bond donors (Lipinski definition) is 1. The fraction of sp³-hybridized carbons (Fsp3) is 0.417. The highest BCUT2D eigenvalue weighted by molar-refractivity contribution is 7.99. The van der Waals surface area contributed by atoms with Gasteiger partial charge in [-0.3, -0.25) is 4.90 Å². The largest absolute Gasteiger partial charge is 0.348 e. The molecule has 18 heavy (non-hydrogen) atoms. The smallest absolute Gasteiger partial charge is 0.187 e. The van der Waals surface area contributed by atoms with Crippen LogP contribution in [0, 0.1) is 0 Å². The standard InChI is InChI=1S/C12H17N5S/c1-3-18-12-15-6-10(7-16-12)8-17(2)9-11-13-4-5-14-11/h4-7H,3,8-9H2,1-2H3,(H,13,14). The van der Waals surface area contributed by atoms with Crippen molar-refractivity contribution in [1.29, 1.82) is 0 Å². The quantitative estimate of drug-likeness (QED) is 0.637. The topological polar surface area (TPSA) is 57.7 Å². The van der Waals surface area contributed by atoms with Crippen LogP contribution in [0.4, 0.5) is 0 Å². The van der Waals surface area contributed by atoms with E-state index in [1.165, 1.54) is 0 Å². The van der Waals surface area contributed by atoms with Crippen LogP contribution in [0.2, 0.25) is 0 Å². The molecule has 0 aliphatic carbocycles. The van der Waals surface area contributed by atoms with Gasteiger partial charge in [0.05, 0.1) is 6.54 Å². The van der Waals surface area contributed by atoms with Gasteiger partial charge in [-0.05, 0) is 12.8 Å². The van der Waals surface area contributed by atoms with Gasteiger partial charge in [0.1, 0.15) is 5.82 Å². The molecule has 0 aliphatic heterocycles. The van der Waals surface area contributed by atoms with Crippen LogP contribution in [-0.2, 0) is 13.1 Å². The zero-order chi connectivity index (χ0) is 12.8. The van der Waals surface area contributed by atoms with E-state index in [1.807, 2.05) is 18.6 Å². The molecule has 0 saturated heterocycles. The Labute approximate surface area is 111 Å². The molecule has 0 spiro atoms. The molecule has 0 aliphatic rings. The lowest BCUT2D eigenvalue weighted by molar-refractivity contribution is 0.310. The number of thioether (sulfide) groups is 1. The molecule has 1 N–H and O–H groups in total. The highest BCUT2D eigenvalue weighted by Crippen LogP contribution is 2.11. The van der Waals surface area contributed by atoms with E-state index >= 15 is 0 Å². The van der Waals surface area contributed by atoms with Crippen molar-refractivity contribution in [2.45, 2.75) is 25.2 Å². The maximum Gasteiger partial charge on any atom is 0.187 e. The van der Waals surface area contributed by atoms with Gasteiger partial charge in [-0.15, -0.1) is 0 Å². The third kappa shape index (κ3) is 3.82. The molecule has 0 aromatic carbocycles. The number of imidazole rings is 1. The van der Waals surface area contributed by atoms with E-state index in [2.05, 4.69) is 38.8 Å². The van der Waals surface area contributed by atoms with E-state index in [0.29, 0.717) is 0 Å². The Morgan fingerprint density at radius 1 is 1.22 bits per heavy atom. The molecule has 0 saturated carbocycles. The summed E-state index contributed by atoms with van der Waals surface area (Å²) in [4.78, 5) is 18.1. The SMILES string of the molecule is CCSc1ncc(CN(C)Cc2ncc[nH]2)cn1. The number of hydrogen-bond acceptors (Lipinski definition) is 5. The average molecular weight is 263 g/mol. The van der Waals surface area contributed by atoms with Gasteiger partial charge in [0.15, 0.2) is 5.16 Å². The van der Waals surface area contributed by atoms with Gasteiger partial charge >= 0.3 is 0 Å². The van der Waals surface area contributed by atoms with Crippen LogP contribution in [-0.4, -0.2) is 37.6 Å². The number of aromatic amines is 1. The summed E-state index contributed by atoms with van der Waals surface area (Å²) in [6.45, 7) is 3.70. The van der Waals surface area contributed by atoms with Crippen molar-refractivity contribution in [2.75, 3.05) is 12.8 Å². The predicted octanol–water partition coefficient (Wildman–Crippen LogP) is 1.94. The predicted molar refractivity (Wildman–Crippen MR) is 72.2 cm³/mol. The fourth-order valence-electron chi connectivity index (χ4n) is 1.64. The second-order valence-corrected chi connectivity index (χ2v) is 5.25. The minimum absolute atomic E-state index is 0.790. The molecular weight excluding hydrogens is 246 g/mol. The number of rotatable bonds is 6. The molecule has 0 fully saturated rings. The van der Waals surface area contributed by atoms with Gasteiger partial charge < -0.3 is 4.98 Å². The Hall–Kier alpha value is -1.40. The third-order valence-electron chi connectivity index (χ3n) is 2.38. The maximum atomic E-state index is 4.32. The van der Waals surface area contributed by atoms with Crippen molar-refractivity contribution in [3.8, 4) is 0 Å². The van der Waals surface area contributed by atoms with Crippen molar-refractivity contribution >= 4 is 11.8 Å². The van der Waals surface area contributed by atoms with E-state index in [1.54, 1.807) is 18.0 Å². The molecule has 2 aromatic rings. The summed E-state index contributed by atoms with van der Waals surface area (Å²) < 4.78 is 0. The lowest BCUT2D eigenvalue weighted by Crippen LogP contribution is -2.18. The Morgan fingerprint density at radius 2 is 2.00 bits per heavy atom. The van der Waals surface area contributed by atoms with Crippen LogP contribution >= 0.6 is 11.8 Å². The zero-order valence-electron chi connectivity index (χ0n) is 10.6. The zero-order valence-corrected chi connectivity index (χ0v) is 11.4. The normalized spacial score (nSPS) is 11.1. The fourth-order valence-corrected chi connectivity index (χ4v) is 2.15. The summed E-state index contributed by atoms with van der Waals surface area (Å²) in [6.07, 6.45) is 7.39. The van der Waals surface area contributed by atoms with Crippen molar-refractivity contribution in [2.24, 2.45) is 0 Å². The van der Waals surface area contributed by atoms with Gasteiger partial charge in [0.2, 0.25) is 0 Å². The Morgan fingerprint density at radius 3 is 2.61 bits per heavy atom. The molecule has 5 nitrogen and oxygen atoms in total. The summed E-state index contributed by atoms with van der Waals surface area (Å²) in [5.41, 5.74) is 1.12. The molecule has 0 bridgehead atoms. The Kier molecular flexibility index (Phi) is 4.72. The van der Waals surface area contributed by atoms with Crippen LogP contribution in [0.3, 0.4) is 0 Å². The maximum absolute atomic E-state index is 4.32. The first kappa shape index (κ1) is 13.0. The lowest BCUT2D eigenvalue weighted by Gasteiger charge is -2.14. The highest BCUT2D eigenvalue weighted by Gasteiger charge is 2.04. The summed E-state index contributed by atoms with van der Waals surface area (Å²) >= 11 is 1.66. The molecule has 0 radical (unpaired) electrons. The van der Waals surface area contributed by atoms with Crippen molar-refractivity contribution in [3.63, 3.8) is 0 Å². The molecule has 2 rings (SSSR count). The third-order valence-corrected chi connectivity index (χ3v) is 3.14. The van der Waals surface area contributed by atoms with Gasteiger partial charge in [-0.25, -0.2) is 15.0 Å². The number of nitrogens with zero attached hydrogens (tertiary/aromatic N) is 4. The molecule has 0 unspecified atom stereocenters. The van der Waals surface area contributed by atoms with Crippen LogP contribution < -0.4 is 0 Å². The first-order chi connectivity index (χ1) is 8.78. The second kappa shape index (κ2) is 6.51. The number of nitrogens with one attached hydrogen (secondary N) is 1. The van der Waals surface area contributed by atoms with E-state index in [9.17, 15) is 0 Å². The average Bonchev–Trinajstić information content (AvgIpc) is 2.84. The van der Waals surface area contributed by atoms with Crippen LogP contribution in [0.1, 0.15) is 18.3 Å². The molecule has 2 heterocycles. The monoisotopic (exact) mass is 263 g/mol. The van der Waals surface area contributed by atoms with E-state index < -0.39 is 0 Å². The van der Waals surface area contributed by atoms with Crippen LogP contribution in [0.15, 0.2) is 29.9 Å². The van der Waals surface area contributed by atoms with Gasteiger partial charge in [-0.2, -0.15) is 0 Å². The van der Waals surface area contributed by atoms with Gasteiger partial charge in [0, 0.05) is 36.9 Å². The van der Waals surface area contributed by atoms with E-state index in [4.69, 9.17) is 0 Å². The van der Waals surface area contributed by atoms with E-state index in [0.717, 1.165) is 35.4 Å². The minimum Gasteiger partial charge on any atom is -0.348 e. The molecule has 96 valence electrons. The molecule has 0 amide bonds. The summed E-state index contributed by atoms with van der Waals surface area (Å²) in [5, 5.41) is 0.843. The first-order valence-corrected chi connectivity index (χ1v) is 6.87. The minimum atomic E-state index is 0.790. The number of H-pyrrole nitrogens is 1. The Balaban J connectivity index is 1.88. The lowest BCUT2D eigenvalue weighted by atomic mass is 10.3. The van der Waals surface area contributed by atoms with Crippen LogP contribution in [0.5, 0.6) is 0 Å². The summed E-state index contributed by atoms with van der Waals surface area (Å²) in [7, 11) is 2.05. The molecular formula is C12H17N5S.